The first kappa shape index (κ1) is 20.7. The van der Waals surface area contributed by atoms with Gasteiger partial charge in [0.25, 0.3) is 12.3 Å². The molecule has 0 spiro atoms. The van der Waals surface area contributed by atoms with E-state index >= 15 is 0 Å². The van der Waals surface area contributed by atoms with Gasteiger partial charge in [-0.1, -0.05) is 12.1 Å². The fraction of sp³-hybridized carbons (Fsp3) is 0.350. The Morgan fingerprint density at radius 3 is 2.83 bits per heavy atom. The van der Waals surface area contributed by atoms with Gasteiger partial charge in [-0.15, -0.1) is 0 Å². The number of aliphatic hydroxyl groups is 1. The summed E-state index contributed by atoms with van der Waals surface area (Å²) in [6.45, 7) is 3.08. The third kappa shape index (κ3) is 4.68. The summed E-state index contributed by atoms with van der Waals surface area (Å²) in [6.07, 6.45) is 0.733. The summed E-state index contributed by atoms with van der Waals surface area (Å²) < 4.78 is 31.6. The Morgan fingerprint density at radius 2 is 2.14 bits per heavy atom. The van der Waals surface area contributed by atoms with Gasteiger partial charge in [-0.25, -0.2) is 8.78 Å². The van der Waals surface area contributed by atoms with E-state index in [1.165, 1.54) is 6.20 Å². The first-order valence-corrected chi connectivity index (χ1v) is 9.15. The van der Waals surface area contributed by atoms with Crippen molar-refractivity contribution in [3.63, 3.8) is 0 Å². The summed E-state index contributed by atoms with van der Waals surface area (Å²) in [5.74, 6) is 0.0344. The molecule has 0 aliphatic rings. The lowest BCUT2D eigenvalue weighted by Gasteiger charge is -2.15. The van der Waals surface area contributed by atoms with Crippen molar-refractivity contribution < 1.29 is 23.4 Å². The third-order valence-corrected chi connectivity index (χ3v) is 4.51. The average molecular weight is 404 g/mol. The first-order chi connectivity index (χ1) is 13.9. The van der Waals surface area contributed by atoms with Crippen molar-refractivity contribution in [1.82, 2.24) is 20.1 Å². The maximum absolute atomic E-state index is 12.4. The number of nitrogens with one attached hydrogen (secondary N) is 1. The largest absolute Gasteiger partial charge is 0.487 e. The van der Waals surface area contributed by atoms with Gasteiger partial charge in [-0.3, -0.25) is 14.5 Å². The number of alkyl halides is 2. The zero-order valence-electron chi connectivity index (χ0n) is 16.1. The van der Waals surface area contributed by atoms with Crippen molar-refractivity contribution in [2.24, 2.45) is 0 Å². The molecule has 3 rings (SSSR count). The molecular formula is C20H22F2N4O3. The predicted molar refractivity (Wildman–Crippen MR) is 103 cm³/mol. The molecule has 0 bridgehead atoms. The van der Waals surface area contributed by atoms with E-state index in [4.69, 9.17) is 9.84 Å². The fourth-order valence-electron chi connectivity index (χ4n) is 3.00. The van der Waals surface area contributed by atoms with Gasteiger partial charge in [0, 0.05) is 18.9 Å². The first-order valence-electron chi connectivity index (χ1n) is 9.15. The molecule has 0 saturated carbocycles. The quantitative estimate of drug-likeness (QED) is 0.603. The molecule has 0 aliphatic carbocycles. The Kier molecular flexibility index (Phi) is 6.38. The number of aryl methyl sites for hydroxylation is 1. The van der Waals surface area contributed by atoms with Crippen LogP contribution in [-0.4, -0.2) is 52.0 Å². The van der Waals surface area contributed by atoms with Gasteiger partial charge >= 0.3 is 0 Å². The molecule has 0 saturated heterocycles. The Balaban J connectivity index is 1.87. The monoisotopic (exact) mass is 404 g/mol. The van der Waals surface area contributed by atoms with Crippen molar-refractivity contribution in [2.75, 3.05) is 19.8 Å². The van der Waals surface area contributed by atoms with Crippen LogP contribution in [0.5, 0.6) is 5.75 Å². The molecule has 3 aromatic rings. The van der Waals surface area contributed by atoms with E-state index in [1.54, 1.807) is 36.0 Å². The molecule has 1 atom stereocenters. The normalized spacial score (nSPS) is 12.3. The van der Waals surface area contributed by atoms with Gasteiger partial charge in [-0.05, 0) is 37.1 Å². The van der Waals surface area contributed by atoms with E-state index in [9.17, 15) is 13.6 Å². The van der Waals surface area contributed by atoms with E-state index in [2.05, 4.69) is 15.4 Å². The molecule has 1 unspecified atom stereocenters. The second kappa shape index (κ2) is 8.95. The SMILES string of the molecule is Cc1cc(C(C)n2cc3c(C(=O)NCCO)nccc3n2)ccc1OCC(F)F. The molecule has 2 N–H and O–H groups in total. The molecule has 154 valence electrons. The second-order valence-corrected chi connectivity index (χ2v) is 6.58. The smallest absolute Gasteiger partial charge is 0.272 e. The standard InChI is InChI=1S/C20H22F2N4O3/c1-12-9-14(3-4-17(12)29-11-18(21)22)13(2)26-10-15-16(25-26)5-6-23-19(15)20(28)24-7-8-27/h3-6,9-10,13,18,27H,7-8,11H2,1-2H3,(H,24,28). The van der Waals surface area contributed by atoms with E-state index in [-0.39, 0.29) is 30.8 Å². The number of hydrogen-bond acceptors (Lipinski definition) is 5. The summed E-state index contributed by atoms with van der Waals surface area (Å²) in [5.41, 5.74) is 2.52. The number of aromatic nitrogens is 3. The fourth-order valence-corrected chi connectivity index (χ4v) is 3.00. The zero-order chi connectivity index (χ0) is 21.0. The van der Waals surface area contributed by atoms with Crippen LogP contribution in [0.3, 0.4) is 0 Å². The Hall–Kier alpha value is -3.07. The third-order valence-electron chi connectivity index (χ3n) is 4.51. The molecule has 1 amide bonds. The van der Waals surface area contributed by atoms with Crippen LogP contribution in [0.1, 0.15) is 34.6 Å². The second-order valence-electron chi connectivity index (χ2n) is 6.58. The number of rotatable bonds is 8. The van der Waals surface area contributed by atoms with Crippen LogP contribution in [0.25, 0.3) is 10.9 Å². The predicted octanol–water partition coefficient (Wildman–Crippen LogP) is 2.72. The molecule has 1 aromatic carbocycles. The van der Waals surface area contributed by atoms with Crippen molar-refractivity contribution in [2.45, 2.75) is 26.3 Å². The van der Waals surface area contributed by atoms with Crippen molar-refractivity contribution in [3.05, 3.63) is 53.5 Å². The molecule has 9 heteroatoms. The Bertz CT molecular complexity index is 1010. The number of hydrogen-bond donors (Lipinski definition) is 2. The summed E-state index contributed by atoms with van der Waals surface area (Å²) >= 11 is 0. The van der Waals surface area contributed by atoms with Gasteiger partial charge in [0.05, 0.1) is 23.6 Å². The lowest BCUT2D eigenvalue weighted by molar-refractivity contribution is 0.0815. The zero-order valence-corrected chi connectivity index (χ0v) is 16.1. The number of fused-ring (bicyclic) bond motifs is 1. The van der Waals surface area contributed by atoms with Crippen LogP contribution in [0, 0.1) is 6.92 Å². The Labute approximate surface area is 166 Å². The van der Waals surface area contributed by atoms with Crippen molar-refractivity contribution in [3.8, 4) is 5.75 Å². The highest BCUT2D eigenvalue weighted by Crippen LogP contribution is 2.26. The summed E-state index contributed by atoms with van der Waals surface area (Å²) in [6, 6.07) is 6.89. The van der Waals surface area contributed by atoms with Gasteiger partial charge in [0.2, 0.25) is 0 Å². The maximum atomic E-state index is 12.4. The van der Waals surface area contributed by atoms with Crippen LogP contribution < -0.4 is 10.1 Å². The Morgan fingerprint density at radius 1 is 1.34 bits per heavy atom. The summed E-state index contributed by atoms with van der Waals surface area (Å²) in [7, 11) is 0. The van der Waals surface area contributed by atoms with Crippen LogP contribution in [0.4, 0.5) is 8.78 Å². The van der Waals surface area contributed by atoms with Gasteiger partial charge in [0.1, 0.15) is 18.1 Å². The highest BCUT2D eigenvalue weighted by atomic mass is 19.3. The van der Waals surface area contributed by atoms with Crippen LogP contribution >= 0.6 is 0 Å². The number of aliphatic hydroxyl groups excluding tert-OH is 1. The number of carbonyl (C=O) groups excluding carboxylic acids is 1. The highest BCUT2D eigenvalue weighted by Gasteiger charge is 2.17. The van der Waals surface area contributed by atoms with E-state index in [0.717, 1.165) is 11.1 Å². The maximum Gasteiger partial charge on any atom is 0.272 e. The molecule has 29 heavy (non-hydrogen) atoms. The van der Waals surface area contributed by atoms with E-state index < -0.39 is 13.0 Å². The number of carbonyl (C=O) groups is 1. The van der Waals surface area contributed by atoms with E-state index in [0.29, 0.717) is 16.7 Å². The van der Waals surface area contributed by atoms with Crippen molar-refractivity contribution >= 4 is 16.8 Å². The number of pyridine rings is 1. The molecule has 0 aliphatic heterocycles. The number of halogens is 2. The van der Waals surface area contributed by atoms with Gasteiger partial charge < -0.3 is 15.2 Å². The average Bonchev–Trinajstić information content (AvgIpc) is 3.14. The highest BCUT2D eigenvalue weighted by molar-refractivity contribution is 6.04. The summed E-state index contributed by atoms with van der Waals surface area (Å²) in [4.78, 5) is 16.4. The van der Waals surface area contributed by atoms with Gasteiger partial charge in [-0.2, -0.15) is 5.10 Å². The molecule has 0 radical (unpaired) electrons. The molecular weight excluding hydrogens is 382 g/mol. The van der Waals surface area contributed by atoms with Crippen molar-refractivity contribution in [1.29, 1.82) is 0 Å². The minimum atomic E-state index is -2.53. The van der Waals surface area contributed by atoms with E-state index in [1.807, 2.05) is 13.0 Å². The lowest BCUT2D eigenvalue weighted by Crippen LogP contribution is -2.27. The molecule has 2 aromatic heterocycles. The molecule has 7 nitrogen and oxygen atoms in total. The number of ether oxygens (including phenoxy) is 1. The van der Waals surface area contributed by atoms with Crippen LogP contribution in [0.2, 0.25) is 0 Å². The number of nitrogens with zero attached hydrogens (tertiary/aromatic N) is 3. The minimum absolute atomic E-state index is 0.140. The lowest BCUT2D eigenvalue weighted by atomic mass is 10.1. The number of benzene rings is 1. The summed E-state index contributed by atoms with van der Waals surface area (Å²) in [5, 5.41) is 16.6. The molecule has 0 fully saturated rings. The topological polar surface area (TPSA) is 89.3 Å². The minimum Gasteiger partial charge on any atom is -0.487 e. The molecule has 2 heterocycles. The van der Waals surface area contributed by atoms with Crippen LogP contribution in [-0.2, 0) is 0 Å². The number of amides is 1. The van der Waals surface area contributed by atoms with Crippen LogP contribution in [0.15, 0.2) is 36.7 Å². The van der Waals surface area contributed by atoms with Gasteiger partial charge in [0.15, 0.2) is 0 Å².